The van der Waals surface area contributed by atoms with Crippen LogP contribution in [0, 0.1) is 35.5 Å². The number of nitrogens with zero attached hydrogens (tertiary/aromatic N) is 5. The molecular formula is C27H25F2N5O3S. The van der Waals surface area contributed by atoms with E-state index < -0.39 is 24.9 Å². The lowest BCUT2D eigenvalue weighted by molar-refractivity contribution is -0.133. The van der Waals surface area contributed by atoms with E-state index in [1.807, 2.05) is 26.0 Å². The highest BCUT2D eigenvalue weighted by Crippen LogP contribution is 2.57. The number of aldehydes is 1. The number of aryl methyl sites for hydroxylation is 1. The van der Waals surface area contributed by atoms with Gasteiger partial charge < -0.3 is 14.6 Å². The number of halogens is 2. The highest BCUT2D eigenvalue weighted by Gasteiger charge is 2.62. The number of nitriles is 1. The van der Waals surface area contributed by atoms with Crippen molar-refractivity contribution in [1.82, 2.24) is 19.8 Å². The molecule has 2 fully saturated rings. The Kier molecular flexibility index (Phi) is 6.06. The van der Waals surface area contributed by atoms with Crippen molar-refractivity contribution in [3.63, 3.8) is 0 Å². The molecule has 0 aromatic carbocycles. The number of thiophene rings is 1. The average Bonchev–Trinajstić information content (AvgIpc) is 3.16. The second kappa shape index (κ2) is 8.91. The van der Waals surface area contributed by atoms with Crippen molar-refractivity contribution in [1.29, 1.82) is 5.26 Å². The van der Waals surface area contributed by atoms with Crippen molar-refractivity contribution >= 4 is 39.7 Å². The molecule has 1 aliphatic heterocycles. The summed E-state index contributed by atoms with van der Waals surface area (Å²) in [5, 5.41) is 9.51. The summed E-state index contributed by atoms with van der Waals surface area (Å²) < 4.78 is 27.8. The molecule has 0 spiro atoms. The quantitative estimate of drug-likeness (QED) is 0.439. The maximum absolute atomic E-state index is 13.5. The van der Waals surface area contributed by atoms with E-state index in [-0.39, 0.29) is 40.1 Å². The van der Waals surface area contributed by atoms with E-state index in [1.54, 1.807) is 31.1 Å². The van der Waals surface area contributed by atoms with Gasteiger partial charge in [-0.15, -0.1) is 11.3 Å². The molecule has 1 aliphatic carbocycles. The minimum absolute atomic E-state index is 0.0969. The molecule has 3 aromatic heterocycles. The summed E-state index contributed by atoms with van der Waals surface area (Å²) in [5.74, 6) is -4.22. The number of alkyl halides is 2. The molecule has 8 nitrogen and oxygen atoms in total. The fourth-order valence-electron chi connectivity index (χ4n) is 5.26. The van der Waals surface area contributed by atoms with Crippen LogP contribution in [0.2, 0.25) is 0 Å². The summed E-state index contributed by atoms with van der Waals surface area (Å²) in [5.41, 5.74) is 1.89. The molecule has 0 N–H and O–H groups in total. The first-order valence-corrected chi connectivity index (χ1v) is 12.9. The summed E-state index contributed by atoms with van der Waals surface area (Å²) in [7, 11) is 1.70. The zero-order valence-corrected chi connectivity index (χ0v) is 22.1. The van der Waals surface area contributed by atoms with Gasteiger partial charge in [-0.2, -0.15) is 5.26 Å². The van der Waals surface area contributed by atoms with Gasteiger partial charge in [0.1, 0.15) is 18.0 Å². The van der Waals surface area contributed by atoms with E-state index >= 15 is 0 Å². The van der Waals surface area contributed by atoms with Crippen molar-refractivity contribution < 1.29 is 23.2 Å². The molecule has 2 amide bonds. The van der Waals surface area contributed by atoms with E-state index in [0.717, 1.165) is 20.8 Å². The van der Waals surface area contributed by atoms with E-state index in [4.69, 9.17) is 0 Å². The van der Waals surface area contributed by atoms with Gasteiger partial charge in [0.15, 0.2) is 0 Å². The van der Waals surface area contributed by atoms with Gasteiger partial charge in [-0.05, 0) is 30.5 Å². The number of aromatic nitrogens is 2. The number of fused-ring (bicyclic) bond motifs is 1. The maximum Gasteiger partial charge on any atom is 0.282 e. The molecule has 0 bridgehead atoms. The standard InChI is InChI=1S/C27H25F2N5O3S/c1-14-21(24(36)34-12-27(28,29)13-34)18(7-15(9-30)32-14)17-5-6-31-20-8-16(38-23(17)20)10-33(4)25(37)22-19(11-35)26(22,2)3/h5-8,11,19,22H,10,12-13H2,1-4H3. The molecule has 2 aliphatic rings. The molecule has 0 radical (unpaired) electrons. The lowest BCUT2D eigenvalue weighted by Gasteiger charge is -2.39. The van der Waals surface area contributed by atoms with Crippen molar-refractivity contribution in [2.75, 3.05) is 20.1 Å². The van der Waals surface area contributed by atoms with Gasteiger partial charge in [-0.1, -0.05) is 13.8 Å². The molecule has 196 valence electrons. The van der Waals surface area contributed by atoms with Crippen LogP contribution in [0.5, 0.6) is 0 Å². The third kappa shape index (κ3) is 4.22. The summed E-state index contributed by atoms with van der Waals surface area (Å²) in [6.45, 7) is 4.38. The predicted molar refractivity (Wildman–Crippen MR) is 136 cm³/mol. The third-order valence-electron chi connectivity index (χ3n) is 7.51. The fourth-order valence-corrected chi connectivity index (χ4v) is 6.45. The molecule has 38 heavy (non-hydrogen) atoms. The highest BCUT2D eigenvalue weighted by molar-refractivity contribution is 7.19. The van der Waals surface area contributed by atoms with E-state index in [1.165, 1.54) is 17.4 Å². The minimum Gasteiger partial charge on any atom is -0.340 e. The fraction of sp³-hybridized carbons (Fsp3) is 0.407. The SMILES string of the molecule is Cc1nc(C#N)cc(-c2ccnc3cc(CN(C)C(=O)C4C(C=O)C4(C)C)sc23)c1C(=O)N1CC(F)(F)C1. The summed E-state index contributed by atoms with van der Waals surface area (Å²) in [6.07, 6.45) is 2.43. The lowest BCUT2D eigenvalue weighted by atomic mass is 9.96. The number of amides is 2. The lowest BCUT2D eigenvalue weighted by Crippen LogP contribution is -2.58. The number of likely N-dealkylation sites (tertiary alicyclic amines) is 1. The molecule has 5 rings (SSSR count). The number of hydrogen-bond acceptors (Lipinski definition) is 7. The number of carbonyl (C=O) groups excluding carboxylic acids is 3. The van der Waals surface area contributed by atoms with Crippen LogP contribution in [-0.4, -0.2) is 63.9 Å². The molecule has 2 atom stereocenters. The second-order valence-electron chi connectivity index (χ2n) is 10.6. The monoisotopic (exact) mass is 537 g/mol. The van der Waals surface area contributed by atoms with E-state index in [0.29, 0.717) is 23.2 Å². The Balaban J connectivity index is 1.51. The van der Waals surface area contributed by atoms with Gasteiger partial charge in [0.25, 0.3) is 11.8 Å². The molecule has 1 saturated carbocycles. The van der Waals surface area contributed by atoms with Crippen LogP contribution < -0.4 is 0 Å². The second-order valence-corrected chi connectivity index (χ2v) is 11.7. The number of hydrogen-bond donors (Lipinski definition) is 0. The Bertz CT molecular complexity index is 1540. The first-order chi connectivity index (χ1) is 17.9. The Labute approximate surface area is 221 Å². The predicted octanol–water partition coefficient (Wildman–Crippen LogP) is 4.06. The van der Waals surface area contributed by atoms with Crippen LogP contribution >= 0.6 is 11.3 Å². The zero-order valence-electron chi connectivity index (χ0n) is 21.3. The molecule has 11 heteroatoms. The maximum atomic E-state index is 13.5. The van der Waals surface area contributed by atoms with Gasteiger partial charge in [0.2, 0.25) is 5.91 Å². The topological polar surface area (TPSA) is 107 Å². The van der Waals surface area contributed by atoms with Crippen LogP contribution in [-0.2, 0) is 16.1 Å². The van der Waals surface area contributed by atoms with Crippen molar-refractivity contribution in [3.8, 4) is 17.2 Å². The van der Waals surface area contributed by atoms with Crippen LogP contribution in [0.25, 0.3) is 21.3 Å². The summed E-state index contributed by atoms with van der Waals surface area (Å²) >= 11 is 1.40. The van der Waals surface area contributed by atoms with Gasteiger partial charge in [-0.3, -0.25) is 14.6 Å². The van der Waals surface area contributed by atoms with Crippen LogP contribution in [0.3, 0.4) is 0 Å². The molecular weight excluding hydrogens is 512 g/mol. The minimum atomic E-state index is -2.92. The Hall–Kier alpha value is -3.78. The Morgan fingerprint density at radius 3 is 2.61 bits per heavy atom. The zero-order chi connectivity index (χ0) is 27.6. The van der Waals surface area contributed by atoms with Gasteiger partial charge in [0.05, 0.1) is 47.0 Å². The van der Waals surface area contributed by atoms with Crippen LogP contribution in [0.4, 0.5) is 8.78 Å². The average molecular weight is 538 g/mol. The van der Waals surface area contributed by atoms with Crippen LogP contribution in [0.15, 0.2) is 24.4 Å². The van der Waals surface area contributed by atoms with E-state index in [2.05, 4.69) is 9.97 Å². The van der Waals surface area contributed by atoms with Crippen molar-refractivity contribution in [3.05, 3.63) is 46.2 Å². The Morgan fingerprint density at radius 2 is 2.00 bits per heavy atom. The van der Waals surface area contributed by atoms with Gasteiger partial charge in [-0.25, -0.2) is 13.8 Å². The Morgan fingerprint density at radius 1 is 1.29 bits per heavy atom. The number of carbonyl (C=O) groups is 3. The molecule has 4 heterocycles. The molecule has 2 unspecified atom stereocenters. The highest BCUT2D eigenvalue weighted by atomic mass is 32.1. The van der Waals surface area contributed by atoms with Crippen LogP contribution in [0.1, 0.15) is 40.5 Å². The molecule has 3 aromatic rings. The summed E-state index contributed by atoms with van der Waals surface area (Å²) in [4.78, 5) is 49.7. The van der Waals surface area contributed by atoms with Gasteiger partial charge in [0, 0.05) is 35.2 Å². The number of rotatable bonds is 6. The number of pyridine rings is 2. The largest absolute Gasteiger partial charge is 0.340 e. The summed E-state index contributed by atoms with van der Waals surface area (Å²) in [6, 6.07) is 7.08. The first kappa shape index (κ1) is 25.9. The third-order valence-corrected chi connectivity index (χ3v) is 8.65. The van der Waals surface area contributed by atoms with Crippen molar-refractivity contribution in [2.24, 2.45) is 17.3 Å². The molecule has 1 saturated heterocycles. The smallest absolute Gasteiger partial charge is 0.282 e. The first-order valence-electron chi connectivity index (χ1n) is 12.0. The van der Waals surface area contributed by atoms with Gasteiger partial charge >= 0.3 is 0 Å². The van der Waals surface area contributed by atoms with Crippen molar-refractivity contribution in [2.45, 2.75) is 33.2 Å². The van der Waals surface area contributed by atoms with E-state index in [9.17, 15) is 28.4 Å². The normalized spacial score (nSPS) is 20.9.